The van der Waals surface area contributed by atoms with Gasteiger partial charge in [-0.05, 0) is 55.2 Å². The molecule has 0 fully saturated rings. The number of unbranched alkanes of at least 4 members (excludes halogenated alkanes) is 1. The van der Waals surface area contributed by atoms with Crippen LogP contribution < -0.4 is 10.1 Å². The minimum Gasteiger partial charge on any atom is -0.493 e. The molecule has 0 bridgehead atoms. The Morgan fingerprint density at radius 3 is 2.50 bits per heavy atom. The number of carbonyl (C=O) groups is 2. The van der Waals surface area contributed by atoms with Crippen molar-refractivity contribution in [2.45, 2.75) is 33.1 Å². The summed E-state index contributed by atoms with van der Waals surface area (Å²) in [6.07, 6.45) is 2.61. The highest BCUT2D eigenvalue weighted by Gasteiger charge is 2.12. The minimum absolute atomic E-state index is 0.168. The number of aromatic carboxylic acids is 1. The van der Waals surface area contributed by atoms with Crippen molar-refractivity contribution in [2.75, 3.05) is 13.2 Å². The number of rotatable bonds is 9. The molecule has 2 N–H and O–H groups in total. The Morgan fingerprint density at radius 1 is 1.12 bits per heavy atom. The minimum atomic E-state index is -0.945. The summed E-state index contributed by atoms with van der Waals surface area (Å²) in [5.41, 5.74) is 2.81. The molecule has 2 aromatic carbocycles. The fourth-order valence-corrected chi connectivity index (χ4v) is 2.49. The van der Waals surface area contributed by atoms with Crippen molar-refractivity contribution in [2.24, 2.45) is 0 Å². The van der Waals surface area contributed by atoms with Gasteiger partial charge in [-0.1, -0.05) is 31.5 Å². The second-order valence-electron chi connectivity index (χ2n) is 6.21. The van der Waals surface area contributed by atoms with Gasteiger partial charge in [-0.25, -0.2) is 4.79 Å². The maximum Gasteiger partial charge on any atom is 0.335 e. The molecule has 0 heterocycles. The van der Waals surface area contributed by atoms with Crippen molar-refractivity contribution in [3.63, 3.8) is 0 Å². The van der Waals surface area contributed by atoms with E-state index in [1.807, 2.05) is 19.1 Å². The van der Waals surface area contributed by atoms with Crippen LogP contribution >= 0.6 is 0 Å². The average molecular weight is 355 g/mol. The molecule has 0 aromatic heterocycles. The number of amides is 1. The van der Waals surface area contributed by atoms with Crippen molar-refractivity contribution in [3.8, 4) is 5.75 Å². The van der Waals surface area contributed by atoms with Crippen LogP contribution in [0.5, 0.6) is 5.75 Å². The molecule has 2 rings (SSSR count). The number of nitrogens with one attached hydrogen (secondary N) is 1. The Balaban J connectivity index is 1.93. The Morgan fingerprint density at radius 2 is 1.85 bits per heavy atom. The zero-order chi connectivity index (χ0) is 18.9. The summed E-state index contributed by atoms with van der Waals surface area (Å²) in [6, 6.07) is 12.2. The maximum atomic E-state index is 12.5. The van der Waals surface area contributed by atoms with E-state index in [2.05, 4.69) is 12.2 Å². The smallest absolute Gasteiger partial charge is 0.335 e. The number of ether oxygens (including phenoxy) is 1. The molecule has 2 aromatic rings. The topological polar surface area (TPSA) is 75.6 Å². The SMILES string of the molecule is CCCCOc1cc(C)ccc1C(=O)NCCc1ccc(C(=O)O)cc1. The van der Waals surface area contributed by atoms with Gasteiger partial charge >= 0.3 is 5.97 Å². The first-order chi connectivity index (χ1) is 12.5. The van der Waals surface area contributed by atoms with E-state index in [0.717, 1.165) is 24.0 Å². The summed E-state index contributed by atoms with van der Waals surface area (Å²) in [7, 11) is 0. The zero-order valence-electron chi connectivity index (χ0n) is 15.2. The Bertz CT molecular complexity index is 753. The van der Waals surface area contributed by atoms with Crippen LogP contribution in [0.1, 0.15) is 51.6 Å². The third-order valence-corrected chi connectivity index (χ3v) is 4.04. The van der Waals surface area contributed by atoms with E-state index in [1.54, 1.807) is 30.3 Å². The predicted octanol–water partition coefficient (Wildman–Crippen LogP) is 3.84. The molecule has 0 saturated carbocycles. The highest BCUT2D eigenvalue weighted by atomic mass is 16.5. The molecule has 5 nitrogen and oxygen atoms in total. The van der Waals surface area contributed by atoms with Gasteiger partial charge in [-0.3, -0.25) is 4.79 Å². The van der Waals surface area contributed by atoms with Crippen LogP contribution in [0.3, 0.4) is 0 Å². The molecule has 0 radical (unpaired) electrons. The fourth-order valence-electron chi connectivity index (χ4n) is 2.49. The van der Waals surface area contributed by atoms with Crippen LogP contribution in [0.15, 0.2) is 42.5 Å². The normalized spacial score (nSPS) is 10.4. The standard InChI is InChI=1S/C21H25NO4/c1-3-4-13-26-19-14-15(2)5-10-18(19)20(23)22-12-11-16-6-8-17(9-7-16)21(24)25/h5-10,14H,3-4,11-13H2,1-2H3,(H,22,23)(H,24,25). The van der Waals surface area contributed by atoms with Gasteiger partial charge in [0.1, 0.15) is 5.75 Å². The number of aryl methyl sites for hydroxylation is 1. The third kappa shape index (κ3) is 5.62. The number of hydrogen-bond donors (Lipinski definition) is 2. The van der Waals surface area contributed by atoms with Gasteiger partial charge in [0.15, 0.2) is 0 Å². The summed E-state index contributed by atoms with van der Waals surface area (Å²) < 4.78 is 5.76. The van der Waals surface area contributed by atoms with Gasteiger partial charge in [0.05, 0.1) is 17.7 Å². The third-order valence-electron chi connectivity index (χ3n) is 4.04. The first-order valence-corrected chi connectivity index (χ1v) is 8.85. The fraction of sp³-hybridized carbons (Fsp3) is 0.333. The van der Waals surface area contributed by atoms with Crippen molar-refractivity contribution < 1.29 is 19.4 Å². The number of hydrogen-bond acceptors (Lipinski definition) is 3. The molecule has 0 atom stereocenters. The van der Waals surface area contributed by atoms with Crippen LogP contribution in [0.4, 0.5) is 0 Å². The quantitative estimate of drug-likeness (QED) is 0.670. The molecule has 5 heteroatoms. The number of carboxylic acids is 1. The van der Waals surface area contributed by atoms with E-state index in [9.17, 15) is 9.59 Å². The molecule has 0 aliphatic heterocycles. The first-order valence-electron chi connectivity index (χ1n) is 8.85. The second kappa shape index (κ2) is 9.61. The molecule has 0 aliphatic rings. The lowest BCUT2D eigenvalue weighted by Crippen LogP contribution is -2.26. The van der Waals surface area contributed by atoms with Crippen molar-refractivity contribution in [3.05, 3.63) is 64.7 Å². The van der Waals surface area contributed by atoms with Crippen LogP contribution in [-0.4, -0.2) is 30.1 Å². The Kier molecular flexibility index (Phi) is 7.21. The Labute approximate surface area is 154 Å². The first kappa shape index (κ1) is 19.5. The zero-order valence-corrected chi connectivity index (χ0v) is 15.2. The summed E-state index contributed by atoms with van der Waals surface area (Å²) >= 11 is 0. The van der Waals surface area contributed by atoms with E-state index >= 15 is 0 Å². The molecular formula is C21H25NO4. The molecule has 0 saturated heterocycles. The van der Waals surface area contributed by atoms with E-state index in [1.165, 1.54) is 0 Å². The summed E-state index contributed by atoms with van der Waals surface area (Å²) in [5, 5.41) is 11.8. The van der Waals surface area contributed by atoms with Gasteiger partial charge in [0.25, 0.3) is 5.91 Å². The number of benzene rings is 2. The lowest BCUT2D eigenvalue weighted by Gasteiger charge is -2.12. The van der Waals surface area contributed by atoms with Crippen LogP contribution in [0.2, 0.25) is 0 Å². The van der Waals surface area contributed by atoms with Gasteiger partial charge in [-0.2, -0.15) is 0 Å². The summed E-state index contributed by atoms with van der Waals surface area (Å²) in [4.78, 5) is 23.3. The Hall–Kier alpha value is -2.82. The van der Waals surface area contributed by atoms with Gasteiger partial charge in [0, 0.05) is 6.54 Å². The lowest BCUT2D eigenvalue weighted by molar-refractivity contribution is 0.0696. The van der Waals surface area contributed by atoms with E-state index < -0.39 is 5.97 Å². The van der Waals surface area contributed by atoms with E-state index in [4.69, 9.17) is 9.84 Å². The molecule has 1 amide bonds. The maximum absolute atomic E-state index is 12.5. The van der Waals surface area contributed by atoms with Crippen molar-refractivity contribution in [1.29, 1.82) is 0 Å². The summed E-state index contributed by atoms with van der Waals surface area (Å²) in [5.74, 6) is -0.500. The largest absolute Gasteiger partial charge is 0.493 e. The van der Waals surface area contributed by atoms with Crippen LogP contribution in [-0.2, 0) is 6.42 Å². The molecule has 138 valence electrons. The molecule has 0 spiro atoms. The van der Waals surface area contributed by atoms with Gasteiger partial charge < -0.3 is 15.2 Å². The number of carboxylic acid groups (broad SMARTS) is 1. The summed E-state index contributed by atoms with van der Waals surface area (Å²) in [6.45, 7) is 5.12. The predicted molar refractivity (Wildman–Crippen MR) is 101 cm³/mol. The second-order valence-corrected chi connectivity index (χ2v) is 6.21. The van der Waals surface area contributed by atoms with Crippen molar-refractivity contribution in [1.82, 2.24) is 5.32 Å². The average Bonchev–Trinajstić information content (AvgIpc) is 2.62. The van der Waals surface area contributed by atoms with Gasteiger partial charge in [-0.15, -0.1) is 0 Å². The molecule has 26 heavy (non-hydrogen) atoms. The molecule has 0 aliphatic carbocycles. The number of carbonyl (C=O) groups excluding carboxylic acids is 1. The highest BCUT2D eigenvalue weighted by molar-refractivity contribution is 5.97. The monoisotopic (exact) mass is 355 g/mol. The van der Waals surface area contributed by atoms with Crippen molar-refractivity contribution >= 4 is 11.9 Å². The lowest BCUT2D eigenvalue weighted by atomic mass is 10.1. The van der Waals surface area contributed by atoms with E-state index in [-0.39, 0.29) is 11.5 Å². The van der Waals surface area contributed by atoms with Crippen LogP contribution in [0.25, 0.3) is 0 Å². The van der Waals surface area contributed by atoms with Gasteiger partial charge in [0.2, 0.25) is 0 Å². The molecule has 0 unspecified atom stereocenters. The highest BCUT2D eigenvalue weighted by Crippen LogP contribution is 2.20. The molecular weight excluding hydrogens is 330 g/mol. The van der Waals surface area contributed by atoms with Crippen LogP contribution in [0, 0.1) is 6.92 Å². The van der Waals surface area contributed by atoms with E-state index in [0.29, 0.717) is 30.9 Å².